The van der Waals surface area contributed by atoms with E-state index in [0.717, 1.165) is 18.1 Å². The summed E-state index contributed by atoms with van der Waals surface area (Å²) in [4.78, 5) is 15.9. The molecule has 2 N–H and O–H groups in total. The molecule has 0 fully saturated rings. The van der Waals surface area contributed by atoms with E-state index in [4.69, 9.17) is 0 Å². The van der Waals surface area contributed by atoms with E-state index in [1.807, 2.05) is 6.92 Å². The zero-order valence-corrected chi connectivity index (χ0v) is 9.86. The monoisotopic (exact) mass is 250 g/mol. The van der Waals surface area contributed by atoms with E-state index in [0.29, 0.717) is 16.6 Å². The Morgan fingerprint density at radius 2 is 2.35 bits per heavy atom. The quantitative estimate of drug-likeness (QED) is 0.841. The number of anilines is 2. The fourth-order valence-electron chi connectivity index (χ4n) is 1.18. The van der Waals surface area contributed by atoms with Crippen molar-refractivity contribution < 1.29 is 4.79 Å². The van der Waals surface area contributed by atoms with Crippen LogP contribution in [0.25, 0.3) is 0 Å². The van der Waals surface area contributed by atoms with Crippen LogP contribution in [0.15, 0.2) is 18.2 Å². The number of carbonyl (C=O) groups excluding carboxylic acids is 1. The normalized spacial score (nSPS) is 9.94. The number of rotatable bonds is 4. The highest BCUT2D eigenvalue weighted by Gasteiger charge is 2.10. The second kappa shape index (κ2) is 5.30. The van der Waals surface area contributed by atoms with E-state index in [2.05, 4.69) is 30.4 Å². The summed E-state index contributed by atoms with van der Waals surface area (Å²) in [6.07, 6.45) is 0. The van der Waals surface area contributed by atoms with Crippen LogP contribution in [-0.4, -0.2) is 32.2 Å². The molecule has 2 heterocycles. The van der Waals surface area contributed by atoms with Crippen molar-refractivity contribution in [3.8, 4) is 0 Å². The summed E-state index contributed by atoms with van der Waals surface area (Å²) in [7, 11) is 0. The Morgan fingerprint density at radius 3 is 3.06 bits per heavy atom. The summed E-state index contributed by atoms with van der Waals surface area (Å²) in [5, 5.41) is 13.0. The first-order chi connectivity index (χ1) is 8.29. The highest BCUT2D eigenvalue weighted by Crippen LogP contribution is 2.09. The fourth-order valence-corrected chi connectivity index (χ4v) is 1.55. The van der Waals surface area contributed by atoms with Gasteiger partial charge in [-0.05, 0) is 24.3 Å². The molecule has 0 spiro atoms. The van der Waals surface area contributed by atoms with Crippen LogP contribution in [0.5, 0.6) is 0 Å². The molecule has 2 aromatic rings. The molecule has 0 saturated carbocycles. The minimum Gasteiger partial charge on any atom is -0.370 e. The minimum atomic E-state index is -0.330. The summed E-state index contributed by atoms with van der Waals surface area (Å²) in [5.74, 6) is 0.332. The molecule has 0 radical (unpaired) electrons. The first-order valence-electron chi connectivity index (χ1n) is 4.97. The van der Waals surface area contributed by atoms with Gasteiger partial charge in [0.15, 0.2) is 0 Å². The molecule has 2 rings (SSSR count). The van der Waals surface area contributed by atoms with Crippen molar-refractivity contribution in [3.63, 3.8) is 0 Å². The second-order valence-electron chi connectivity index (χ2n) is 3.06. The van der Waals surface area contributed by atoms with Crippen molar-refractivity contribution in [1.82, 2.24) is 19.8 Å². The van der Waals surface area contributed by atoms with Gasteiger partial charge >= 0.3 is 0 Å². The topological polar surface area (TPSA) is 92.7 Å². The molecule has 2 aromatic heterocycles. The van der Waals surface area contributed by atoms with Gasteiger partial charge in [-0.1, -0.05) is 15.7 Å². The largest absolute Gasteiger partial charge is 0.370 e. The lowest BCUT2D eigenvalue weighted by atomic mass is 10.3. The van der Waals surface area contributed by atoms with Crippen molar-refractivity contribution >= 4 is 28.4 Å². The standard InChI is InChI=1S/C9H10N6OS/c1-2-10-7-5-3-4-6(11-7)8(16)12-9-13-14-15-17-9/h3-5H,2H2,1H3,(H,10,11)(H,12,13,15,16). The van der Waals surface area contributed by atoms with Crippen LogP contribution in [0, 0.1) is 0 Å². The number of hydrogen-bond donors (Lipinski definition) is 2. The maximum Gasteiger partial charge on any atom is 0.276 e. The van der Waals surface area contributed by atoms with Crippen molar-refractivity contribution in [2.75, 3.05) is 17.2 Å². The molecule has 0 aliphatic heterocycles. The van der Waals surface area contributed by atoms with Gasteiger partial charge in [0.1, 0.15) is 11.5 Å². The molecule has 0 aliphatic carbocycles. The van der Waals surface area contributed by atoms with Gasteiger partial charge in [-0.25, -0.2) is 4.98 Å². The molecule has 1 amide bonds. The van der Waals surface area contributed by atoms with Crippen LogP contribution in [0.3, 0.4) is 0 Å². The molecule has 88 valence electrons. The Bertz CT molecular complexity index is 500. The average molecular weight is 250 g/mol. The molecule has 0 saturated heterocycles. The Morgan fingerprint density at radius 1 is 1.47 bits per heavy atom. The van der Waals surface area contributed by atoms with Gasteiger partial charge in [-0.3, -0.25) is 10.1 Å². The molecular formula is C9H10N6OS. The average Bonchev–Trinajstić information content (AvgIpc) is 2.83. The van der Waals surface area contributed by atoms with Gasteiger partial charge in [0.05, 0.1) is 0 Å². The van der Waals surface area contributed by atoms with Crippen LogP contribution in [0.2, 0.25) is 0 Å². The number of nitrogens with zero attached hydrogens (tertiary/aromatic N) is 4. The van der Waals surface area contributed by atoms with E-state index in [-0.39, 0.29) is 5.91 Å². The summed E-state index contributed by atoms with van der Waals surface area (Å²) in [6, 6.07) is 5.19. The SMILES string of the molecule is CCNc1cccc(C(=O)Nc2nnns2)n1. The fraction of sp³-hybridized carbons (Fsp3) is 0.222. The minimum absolute atomic E-state index is 0.318. The molecule has 0 atom stereocenters. The number of pyridine rings is 1. The molecule has 8 heteroatoms. The first kappa shape index (κ1) is 11.4. The van der Waals surface area contributed by atoms with Crippen molar-refractivity contribution in [2.24, 2.45) is 0 Å². The molecule has 7 nitrogen and oxygen atoms in total. The Labute approximate surface area is 101 Å². The van der Waals surface area contributed by atoms with Crippen LogP contribution in [0.4, 0.5) is 10.9 Å². The predicted octanol–water partition coefficient (Wildman–Crippen LogP) is 1.01. The zero-order chi connectivity index (χ0) is 12.1. The summed E-state index contributed by atoms with van der Waals surface area (Å²) < 4.78 is 3.55. The lowest BCUT2D eigenvalue weighted by molar-refractivity contribution is 0.102. The molecule has 0 bridgehead atoms. The lowest BCUT2D eigenvalue weighted by Crippen LogP contribution is -2.14. The van der Waals surface area contributed by atoms with Crippen LogP contribution in [0.1, 0.15) is 17.4 Å². The molecule has 0 aromatic carbocycles. The Hall–Kier alpha value is -2.09. The molecule has 0 aliphatic rings. The Kier molecular flexibility index (Phi) is 3.55. The smallest absolute Gasteiger partial charge is 0.276 e. The van der Waals surface area contributed by atoms with Crippen molar-refractivity contribution in [3.05, 3.63) is 23.9 Å². The lowest BCUT2D eigenvalue weighted by Gasteiger charge is -2.04. The molecule has 0 unspecified atom stereocenters. The van der Waals surface area contributed by atoms with Gasteiger partial charge in [-0.2, -0.15) is 0 Å². The van der Waals surface area contributed by atoms with E-state index < -0.39 is 0 Å². The molecule has 17 heavy (non-hydrogen) atoms. The van der Waals surface area contributed by atoms with Gasteiger partial charge < -0.3 is 5.32 Å². The number of nitrogens with one attached hydrogen (secondary N) is 2. The highest BCUT2D eigenvalue weighted by atomic mass is 32.1. The third-order valence-electron chi connectivity index (χ3n) is 1.86. The third-order valence-corrected chi connectivity index (χ3v) is 2.37. The van der Waals surface area contributed by atoms with E-state index in [1.165, 1.54) is 0 Å². The maximum atomic E-state index is 11.8. The van der Waals surface area contributed by atoms with E-state index >= 15 is 0 Å². The maximum absolute atomic E-state index is 11.8. The number of amides is 1. The molecular weight excluding hydrogens is 240 g/mol. The first-order valence-corrected chi connectivity index (χ1v) is 5.74. The van der Waals surface area contributed by atoms with Gasteiger partial charge in [0.25, 0.3) is 5.91 Å². The summed E-state index contributed by atoms with van der Waals surface area (Å²) >= 11 is 1.01. The number of aromatic nitrogens is 4. The second-order valence-corrected chi connectivity index (χ2v) is 3.79. The van der Waals surface area contributed by atoms with E-state index in [1.54, 1.807) is 18.2 Å². The number of carbonyl (C=O) groups is 1. The van der Waals surface area contributed by atoms with Gasteiger partial charge in [0, 0.05) is 18.1 Å². The predicted molar refractivity (Wildman–Crippen MR) is 64.1 cm³/mol. The summed E-state index contributed by atoms with van der Waals surface area (Å²) in [6.45, 7) is 2.71. The zero-order valence-electron chi connectivity index (χ0n) is 9.04. The van der Waals surface area contributed by atoms with E-state index in [9.17, 15) is 4.79 Å². The Balaban J connectivity index is 2.11. The van der Waals surface area contributed by atoms with Crippen LogP contribution >= 0.6 is 11.5 Å². The van der Waals surface area contributed by atoms with Crippen LogP contribution < -0.4 is 10.6 Å². The van der Waals surface area contributed by atoms with Crippen molar-refractivity contribution in [1.29, 1.82) is 0 Å². The van der Waals surface area contributed by atoms with Crippen molar-refractivity contribution in [2.45, 2.75) is 6.92 Å². The van der Waals surface area contributed by atoms with Gasteiger partial charge in [0.2, 0.25) is 5.13 Å². The number of hydrogen-bond acceptors (Lipinski definition) is 7. The van der Waals surface area contributed by atoms with Crippen LogP contribution in [-0.2, 0) is 0 Å². The van der Waals surface area contributed by atoms with Gasteiger partial charge in [-0.15, -0.1) is 0 Å². The highest BCUT2D eigenvalue weighted by molar-refractivity contribution is 7.09. The summed E-state index contributed by atoms with van der Waals surface area (Å²) in [5.41, 5.74) is 0.318. The third kappa shape index (κ3) is 2.94.